The second-order valence-corrected chi connectivity index (χ2v) is 4.07. The third-order valence-corrected chi connectivity index (χ3v) is 2.81. The number of hydrogen-bond acceptors (Lipinski definition) is 3. The molecule has 3 rings (SSSR count). The van der Waals surface area contributed by atoms with Gasteiger partial charge in [-0.3, -0.25) is 14.6 Å². The predicted octanol–water partition coefficient (Wildman–Crippen LogP) is 1.06. The zero-order chi connectivity index (χ0) is 12.7. The second-order valence-electron chi connectivity index (χ2n) is 4.07. The molecule has 0 radical (unpaired) electrons. The molecule has 0 bridgehead atoms. The Balaban J connectivity index is 2.20. The van der Waals surface area contributed by atoms with Crippen molar-refractivity contribution in [3.63, 3.8) is 0 Å². The molecule has 3 aromatic rings. The van der Waals surface area contributed by atoms with E-state index in [2.05, 4.69) is 15.3 Å². The first-order valence-electron chi connectivity index (χ1n) is 5.43. The lowest BCUT2D eigenvalue weighted by atomic mass is 10.1. The van der Waals surface area contributed by atoms with E-state index in [1.807, 2.05) is 37.5 Å². The van der Waals surface area contributed by atoms with Gasteiger partial charge in [0.05, 0.1) is 11.2 Å². The molecule has 0 spiro atoms. The summed E-state index contributed by atoms with van der Waals surface area (Å²) >= 11 is 0. The number of carbonyl (C=O) groups is 1. The standard InChI is InChI=1S/C12H11N5O/c1-17-5-4-9(16-17)7-2-3-10-8(6-7)11(12(13)18)15-14-10/h2-6H,1H3,(H2,13,18)(H,14,15). The van der Waals surface area contributed by atoms with Crippen LogP contribution in [0.15, 0.2) is 30.5 Å². The van der Waals surface area contributed by atoms with E-state index in [-0.39, 0.29) is 5.69 Å². The third-order valence-electron chi connectivity index (χ3n) is 2.81. The van der Waals surface area contributed by atoms with Crippen LogP contribution in [0.3, 0.4) is 0 Å². The van der Waals surface area contributed by atoms with E-state index in [0.717, 1.165) is 16.8 Å². The number of nitrogens with zero attached hydrogens (tertiary/aromatic N) is 3. The molecule has 6 heteroatoms. The van der Waals surface area contributed by atoms with E-state index in [0.29, 0.717) is 5.39 Å². The SMILES string of the molecule is Cn1ccc(-c2ccc3[nH]nc(C(N)=O)c3c2)n1. The van der Waals surface area contributed by atoms with Crippen molar-refractivity contribution in [2.45, 2.75) is 0 Å². The van der Waals surface area contributed by atoms with Crippen molar-refractivity contribution < 1.29 is 4.79 Å². The Hall–Kier alpha value is -2.63. The summed E-state index contributed by atoms with van der Waals surface area (Å²) in [6.45, 7) is 0. The van der Waals surface area contributed by atoms with Gasteiger partial charge in [-0.1, -0.05) is 6.07 Å². The van der Waals surface area contributed by atoms with Crippen LogP contribution >= 0.6 is 0 Å². The van der Waals surface area contributed by atoms with Gasteiger partial charge in [-0.25, -0.2) is 0 Å². The van der Waals surface area contributed by atoms with E-state index in [9.17, 15) is 4.79 Å². The minimum atomic E-state index is -0.542. The Morgan fingerprint density at radius 2 is 2.22 bits per heavy atom. The summed E-state index contributed by atoms with van der Waals surface area (Å²) in [7, 11) is 1.86. The van der Waals surface area contributed by atoms with Crippen LogP contribution in [0, 0.1) is 0 Å². The Morgan fingerprint density at radius 3 is 2.89 bits per heavy atom. The average molecular weight is 241 g/mol. The Bertz CT molecular complexity index is 740. The number of rotatable bonds is 2. The van der Waals surface area contributed by atoms with Gasteiger partial charge in [0.15, 0.2) is 5.69 Å². The molecule has 0 aliphatic heterocycles. The monoisotopic (exact) mass is 241 g/mol. The zero-order valence-electron chi connectivity index (χ0n) is 9.71. The normalized spacial score (nSPS) is 10.9. The van der Waals surface area contributed by atoms with Crippen LogP contribution in [0.25, 0.3) is 22.2 Å². The molecule has 0 aliphatic carbocycles. The number of hydrogen-bond donors (Lipinski definition) is 2. The summed E-state index contributed by atoms with van der Waals surface area (Å²) in [4.78, 5) is 11.2. The van der Waals surface area contributed by atoms with Gasteiger partial charge < -0.3 is 5.73 Å². The molecule has 0 saturated heterocycles. The smallest absolute Gasteiger partial charge is 0.269 e. The molecule has 1 aromatic carbocycles. The Morgan fingerprint density at radius 1 is 1.39 bits per heavy atom. The number of nitrogens with one attached hydrogen (secondary N) is 1. The summed E-state index contributed by atoms with van der Waals surface area (Å²) in [5.74, 6) is -0.542. The van der Waals surface area contributed by atoms with E-state index < -0.39 is 5.91 Å². The summed E-state index contributed by atoms with van der Waals surface area (Å²) in [5, 5.41) is 11.7. The first kappa shape index (κ1) is 10.5. The van der Waals surface area contributed by atoms with Gasteiger partial charge in [0.1, 0.15) is 0 Å². The molecular formula is C12H11N5O. The van der Waals surface area contributed by atoms with Crippen LogP contribution in [0.5, 0.6) is 0 Å². The van der Waals surface area contributed by atoms with Gasteiger partial charge in [-0.05, 0) is 18.2 Å². The highest BCUT2D eigenvalue weighted by Crippen LogP contribution is 2.23. The Labute approximate surface area is 102 Å². The minimum absolute atomic E-state index is 0.253. The number of fused-ring (bicyclic) bond motifs is 1. The maximum absolute atomic E-state index is 11.2. The molecule has 0 aliphatic rings. The quantitative estimate of drug-likeness (QED) is 0.703. The van der Waals surface area contributed by atoms with E-state index >= 15 is 0 Å². The summed E-state index contributed by atoms with van der Waals surface area (Å²) in [5.41, 5.74) is 8.08. The van der Waals surface area contributed by atoms with Crippen molar-refractivity contribution in [2.75, 3.05) is 0 Å². The van der Waals surface area contributed by atoms with Crippen molar-refractivity contribution in [1.82, 2.24) is 20.0 Å². The summed E-state index contributed by atoms with van der Waals surface area (Å²) in [6.07, 6.45) is 1.86. The van der Waals surface area contributed by atoms with Crippen LogP contribution in [-0.2, 0) is 7.05 Å². The van der Waals surface area contributed by atoms with Gasteiger partial charge in [0, 0.05) is 24.2 Å². The molecule has 0 fully saturated rings. The number of aromatic amines is 1. The Kier molecular flexibility index (Phi) is 2.16. The molecular weight excluding hydrogens is 230 g/mol. The van der Waals surface area contributed by atoms with Crippen molar-refractivity contribution in [1.29, 1.82) is 0 Å². The lowest BCUT2D eigenvalue weighted by Gasteiger charge is -1.97. The van der Waals surface area contributed by atoms with Crippen molar-refractivity contribution in [3.05, 3.63) is 36.2 Å². The van der Waals surface area contributed by atoms with Gasteiger partial charge in [0.2, 0.25) is 0 Å². The topological polar surface area (TPSA) is 89.6 Å². The zero-order valence-corrected chi connectivity index (χ0v) is 9.71. The molecule has 3 N–H and O–H groups in total. The number of amides is 1. The molecule has 0 atom stereocenters. The number of H-pyrrole nitrogens is 1. The molecule has 2 heterocycles. The lowest BCUT2D eigenvalue weighted by molar-refractivity contribution is 0.0997. The van der Waals surface area contributed by atoms with Crippen LogP contribution in [0.2, 0.25) is 0 Å². The number of carbonyl (C=O) groups excluding carboxylic acids is 1. The van der Waals surface area contributed by atoms with Crippen LogP contribution in [0.1, 0.15) is 10.5 Å². The van der Waals surface area contributed by atoms with Crippen LogP contribution in [0.4, 0.5) is 0 Å². The first-order chi connectivity index (χ1) is 8.65. The van der Waals surface area contributed by atoms with Crippen molar-refractivity contribution in [2.24, 2.45) is 12.8 Å². The highest BCUT2D eigenvalue weighted by molar-refractivity contribution is 6.04. The maximum atomic E-state index is 11.2. The van der Waals surface area contributed by atoms with Crippen LogP contribution < -0.4 is 5.73 Å². The van der Waals surface area contributed by atoms with E-state index in [1.54, 1.807) is 4.68 Å². The fraction of sp³-hybridized carbons (Fsp3) is 0.0833. The fourth-order valence-corrected chi connectivity index (χ4v) is 1.93. The molecule has 0 unspecified atom stereocenters. The number of aromatic nitrogens is 4. The number of benzene rings is 1. The van der Waals surface area contributed by atoms with E-state index in [1.165, 1.54) is 0 Å². The first-order valence-corrected chi connectivity index (χ1v) is 5.43. The van der Waals surface area contributed by atoms with Crippen molar-refractivity contribution >= 4 is 16.8 Å². The van der Waals surface area contributed by atoms with Gasteiger partial charge in [-0.15, -0.1) is 0 Å². The number of nitrogens with two attached hydrogens (primary N) is 1. The molecule has 2 aromatic heterocycles. The maximum Gasteiger partial charge on any atom is 0.269 e. The highest BCUT2D eigenvalue weighted by Gasteiger charge is 2.12. The van der Waals surface area contributed by atoms with E-state index in [4.69, 9.17) is 5.73 Å². The molecule has 0 saturated carbocycles. The fourth-order valence-electron chi connectivity index (χ4n) is 1.93. The van der Waals surface area contributed by atoms with Crippen LogP contribution in [-0.4, -0.2) is 25.9 Å². The second kappa shape index (κ2) is 3.69. The molecule has 1 amide bonds. The minimum Gasteiger partial charge on any atom is -0.364 e. The highest BCUT2D eigenvalue weighted by atomic mass is 16.1. The van der Waals surface area contributed by atoms with Gasteiger partial charge in [-0.2, -0.15) is 10.2 Å². The van der Waals surface area contributed by atoms with Crippen molar-refractivity contribution in [3.8, 4) is 11.3 Å². The van der Waals surface area contributed by atoms with Gasteiger partial charge >= 0.3 is 0 Å². The summed E-state index contributed by atoms with van der Waals surface area (Å²) < 4.78 is 1.73. The van der Waals surface area contributed by atoms with Gasteiger partial charge in [0.25, 0.3) is 5.91 Å². The molecule has 6 nitrogen and oxygen atoms in total. The lowest BCUT2D eigenvalue weighted by Crippen LogP contribution is -2.11. The molecule has 90 valence electrons. The average Bonchev–Trinajstić information content (AvgIpc) is 2.93. The predicted molar refractivity (Wildman–Crippen MR) is 66.8 cm³/mol. The largest absolute Gasteiger partial charge is 0.364 e. The third kappa shape index (κ3) is 1.55. The molecule has 18 heavy (non-hydrogen) atoms. The number of aryl methyl sites for hydroxylation is 1. The summed E-state index contributed by atoms with van der Waals surface area (Å²) in [6, 6.07) is 7.55. The number of primary amides is 1.